The zero-order valence-electron chi connectivity index (χ0n) is 4.00. The molecule has 0 aromatic carbocycles. The molecule has 1 aromatic rings. The van der Waals surface area contributed by atoms with Gasteiger partial charge in [0.15, 0.2) is 0 Å². The minimum Gasteiger partial charge on any atom is -0.358 e. The topological polar surface area (TPSA) is 39.9 Å². The van der Waals surface area contributed by atoms with E-state index in [4.69, 9.17) is 0 Å². The molecule has 1 radical (unpaired) electrons. The molecule has 0 aliphatic rings. The third-order valence-electron chi connectivity index (χ3n) is 0.499. The van der Waals surface area contributed by atoms with Crippen molar-refractivity contribution in [2.45, 2.75) is 6.92 Å². The van der Waals surface area contributed by atoms with Crippen LogP contribution in [0.1, 0.15) is 5.69 Å². The molecule has 35 valence electrons. The van der Waals surface area contributed by atoms with Crippen molar-refractivity contribution < 1.29 is 35.6 Å². The Kier molecular flexibility index (Phi) is 3.51. The summed E-state index contributed by atoms with van der Waals surface area (Å²) < 4.78 is 0. The molecule has 0 atom stereocenters. The molecule has 3 nitrogen and oxygen atoms in total. The van der Waals surface area contributed by atoms with Crippen LogP contribution in [0.4, 0.5) is 0 Å². The quantitative estimate of drug-likeness (QED) is 0.606. The van der Waals surface area contributed by atoms with Crippen molar-refractivity contribution in [3.8, 4) is 0 Å². The van der Waals surface area contributed by atoms with Crippen LogP contribution in [0, 0.1) is 42.5 Å². The number of hydrogen-bond donors (Lipinski definition) is 0. The largest absolute Gasteiger partial charge is 0.358 e. The summed E-state index contributed by atoms with van der Waals surface area (Å²) in [4.78, 5) is 0. The molecule has 0 amide bonds. The molecule has 0 bridgehead atoms. The van der Waals surface area contributed by atoms with E-state index in [-0.39, 0.29) is 35.6 Å². The summed E-state index contributed by atoms with van der Waals surface area (Å²) in [5.41, 5.74) is 0.870. The number of hydrogen-bond acceptors (Lipinski definition) is 2. The van der Waals surface area contributed by atoms with Crippen LogP contribution in [-0.4, -0.2) is 10.3 Å². The fourth-order valence-corrected chi connectivity index (χ4v) is 0.232. The monoisotopic (exact) mass is 221 g/mol. The van der Waals surface area contributed by atoms with Crippen molar-refractivity contribution in [2.75, 3.05) is 0 Å². The van der Waals surface area contributed by atoms with Crippen LogP contribution in [0.5, 0.6) is 0 Å². The van der Waals surface area contributed by atoms with Gasteiger partial charge in [-0.25, -0.2) is 0 Å². The van der Waals surface area contributed by atoms with Gasteiger partial charge in [-0.05, 0) is 6.92 Å². The Labute approximate surface area is 69.5 Å². The Hall–Kier alpha value is 0.335. The molecule has 1 rings (SSSR count). The minimum absolute atomic E-state index is 0. The van der Waals surface area contributed by atoms with Crippen molar-refractivity contribution in [2.24, 2.45) is 0 Å². The van der Waals surface area contributed by atoms with E-state index in [9.17, 15) is 0 Å². The summed E-state index contributed by atoms with van der Waals surface area (Å²) >= 11 is 0. The zero-order valence-corrected chi connectivity index (χ0v) is 7.62. The molecule has 1 heterocycles. The van der Waals surface area contributed by atoms with Crippen LogP contribution in [0.25, 0.3) is 0 Å². The van der Waals surface area contributed by atoms with Crippen LogP contribution in [-0.2, 0) is 0 Å². The number of aryl methyl sites for hydroxylation is 1. The molecule has 0 spiro atoms. The van der Waals surface area contributed by atoms with E-state index in [1.165, 1.54) is 0 Å². The van der Waals surface area contributed by atoms with Crippen molar-refractivity contribution in [3.63, 3.8) is 0 Å². The smallest absolute Gasteiger partial charge is 0 e. The third-order valence-corrected chi connectivity index (χ3v) is 0.499. The van der Waals surface area contributed by atoms with E-state index in [2.05, 4.69) is 15.4 Å². The van der Waals surface area contributed by atoms with Crippen LogP contribution in [0.15, 0.2) is 6.20 Å². The second kappa shape index (κ2) is 3.35. The summed E-state index contributed by atoms with van der Waals surface area (Å²) in [5, 5.41) is 10.3. The summed E-state index contributed by atoms with van der Waals surface area (Å²) in [6, 6.07) is 0. The third kappa shape index (κ3) is 2.21. The molecule has 0 unspecified atom stereocenters. The molecule has 0 saturated carbocycles. The van der Waals surface area contributed by atoms with Gasteiger partial charge in [-0.15, -0.1) is 0 Å². The van der Waals surface area contributed by atoms with Gasteiger partial charge < -0.3 is 10.2 Å². The van der Waals surface area contributed by atoms with Gasteiger partial charge in [0.2, 0.25) is 0 Å². The molecule has 0 fully saturated rings. The maximum atomic E-state index is 3.56. The van der Waals surface area contributed by atoms with E-state index in [0.717, 1.165) is 5.69 Å². The Morgan fingerprint density at radius 2 is 2.43 bits per heavy atom. The van der Waals surface area contributed by atoms with Crippen molar-refractivity contribution in [1.82, 2.24) is 15.4 Å². The van der Waals surface area contributed by atoms with Crippen LogP contribution in [0.2, 0.25) is 0 Å². The maximum Gasteiger partial charge on any atom is 0 e. The van der Waals surface area contributed by atoms with Gasteiger partial charge in [0.25, 0.3) is 0 Å². The van der Waals surface area contributed by atoms with Crippen molar-refractivity contribution in [3.05, 3.63) is 11.9 Å². The maximum absolute atomic E-state index is 3.56. The van der Waals surface area contributed by atoms with E-state index in [0.29, 0.717) is 0 Å². The molecular weight excluding hydrogens is 217 g/mol. The summed E-state index contributed by atoms with van der Waals surface area (Å²) in [5.74, 6) is 0. The molecule has 0 saturated heterocycles. The van der Waals surface area contributed by atoms with Gasteiger partial charge in [-0.3, -0.25) is 5.21 Å². The first-order chi connectivity index (χ1) is 2.89. The average molecular weight is 221 g/mol. The molecule has 0 aliphatic heterocycles. The summed E-state index contributed by atoms with van der Waals surface area (Å²) in [7, 11) is 0. The SMILES string of the molecule is Cc1c[n-]nn1.[La]. The Balaban J connectivity index is 0.000000360. The van der Waals surface area contributed by atoms with E-state index in [1.807, 2.05) is 6.92 Å². The first kappa shape index (κ1) is 7.33. The molecule has 0 aliphatic carbocycles. The van der Waals surface area contributed by atoms with Crippen LogP contribution in [0.3, 0.4) is 0 Å². The van der Waals surface area contributed by atoms with Gasteiger partial charge in [-0.1, -0.05) is 11.9 Å². The molecule has 4 heteroatoms. The van der Waals surface area contributed by atoms with Gasteiger partial charge in [-0.2, -0.15) is 0 Å². The van der Waals surface area contributed by atoms with Gasteiger partial charge >= 0.3 is 0 Å². The zero-order chi connectivity index (χ0) is 4.41. The fourth-order valence-electron chi connectivity index (χ4n) is 0.232. The number of rotatable bonds is 0. The predicted molar refractivity (Wildman–Crippen MR) is 20.1 cm³/mol. The summed E-state index contributed by atoms with van der Waals surface area (Å²) in [6.07, 6.45) is 1.61. The fraction of sp³-hybridized carbons (Fsp3) is 0.333. The summed E-state index contributed by atoms with van der Waals surface area (Å²) in [6.45, 7) is 1.85. The van der Waals surface area contributed by atoms with Crippen molar-refractivity contribution in [1.29, 1.82) is 0 Å². The number of aromatic nitrogens is 3. The Bertz CT molecular complexity index is 114. The molecule has 1 aromatic heterocycles. The van der Waals surface area contributed by atoms with Crippen molar-refractivity contribution >= 4 is 0 Å². The molecular formula is C3H4LaN3-. The first-order valence-corrected chi connectivity index (χ1v) is 1.67. The van der Waals surface area contributed by atoms with Crippen LogP contribution < -0.4 is 5.10 Å². The normalized spacial score (nSPS) is 7.57. The van der Waals surface area contributed by atoms with E-state index in [1.54, 1.807) is 6.20 Å². The van der Waals surface area contributed by atoms with Gasteiger partial charge in [0.05, 0.1) is 0 Å². The second-order valence-corrected chi connectivity index (χ2v) is 1.08. The van der Waals surface area contributed by atoms with E-state index < -0.39 is 0 Å². The van der Waals surface area contributed by atoms with Gasteiger partial charge in [0.1, 0.15) is 0 Å². The van der Waals surface area contributed by atoms with Crippen LogP contribution >= 0.6 is 0 Å². The molecule has 7 heavy (non-hydrogen) atoms. The van der Waals surface area contributed by atoms with Gasteiger partial charge in [0, 0.05) is 35.6 Å². The Morgan fingerprint density at radius 1 is 1.71 bits per heavy atom. The second-order valence-electron chi connectivity index (χ2n) is 1.08. The number of nitrogens with zero attached hydrogens (tertiary/aromatic N) is 3. The Morgan fingerprint density at radius 3 is 2.57 bits per heavy atom. The standard InChI is InChI=1S/C3H4N3.La/c1-3-2-4-6-5-3;/h2H,1H3;/q-1;. The first-order valence-electron chi connectivity index (χ1n) is 1.67. The average Bonchev–Trinajstić information content (AvgIpc) is 1.86. The predicted octanol–water partition coefficient (Wildman–Crippen LogP) is -0.258. The molecule has 0 N–H and O–H groups in total. The van der Waals surface area contributed by atoms with E-state index >= 15 is 0 Å². The minimum atomic E-state index is 0.